The topological polar surface area (TPSA) is 89.3 Å². The lowest BCUT2D eigenvalue weighted by Gasteiger charge is -2.11. The van der Waals surface area contributed by atoms with Crippen molar-refractivity contribution in [2.45, 2.75) is 13.0 Å². The molecule has 0 aliphatic carbocycles. The molecule has 13 heavy (non-hydrogen) atoms. The molecule has 0 fully saturated rings. The Morgan fingerprint density at radius 1 is 1.54 bits per heavy atom. The van der Waals surface area contributed by atoms with Gasteiger partial charge in [-0.25, -0.2) is 0 Å². The van der Waals surface area contributed by atoms with Crippen molar-refractivity contribution in [2.75, 3.05) is 5.73 Å². The van der Waals surface area contributed by atoms with E-state index in [-0.39, 0.29) is 0 Å². The van der Waals surface area contributed by atoms with Gasteiger partial charge in [0.15, 0.2) is 0 Å². The quantitative estimate of drug-likeness (QED) is 0.583. The fraction of sp³-hybridized carbons (Fsp3) is 0.222. The molecule has 70 valence electrons. The van der Waals surface area contributed by atoms with Gasteiger partial charge < -0.3 is 16.6 Å². The van der Waals surface area contributed by atoms with Crippen molar-refractivity contribution in [3.63, 3.8) is 0 Å². The Morgan fingerprint density at radius 2 is 2.15 bits per heavy atom. The molecule has 0 radical (unpaired) electrons. The Kier molecular flexibility index (Phi) is 2.53. The van der Waals surface area contributed by atoms with Crippen LogP contribution in [-0.4, -0.2) is 11.1 Å². The van der Waals surface area contributed by atoms with Crippen LogP contribution in [0.2, 0.25) is 0 Å². The summed E-state index contributed by atoms with van der Waals surface area (Å²) in [6, 6.07) is 4.08. The summed E-state index contributed by atoms with van der Waals surface area (Å²) < 4.78 is 0. The maximum atomic E-state index is 10.6. The number of carbonyl (C=O) groups is 1. The van der Waals surface area contributed by atoms with Gasteiger partial charge in [0.25, 0.3) is 0 Å². The maximum absolute atomic E-state index is 10.6. The third-order valence-electron chi connectivity index (χ3n) is 2.02. The summed E-state index contributed by atoms with van der Waals surface area (Å²) in [5.74, 6) is -1.05. The normalized spacial score (nSPS) is 12.5. The summed E-state index contributed by atoms with van der Waals surface area (Å²) in [7, 11) is 0. The van der Waals surface area contributed by atoms with E-state index in [4.69, 9.17) is 16.6 Å². The van der Waals surface area contributed by atoms with E-state index in [1.807, 2.05) is 0 Å². The van der Waals surface area contributed by atoms with Gasteiger partial charge in [-0.05, 0) is 24.1 Å². The molecule has 0 saturated heterocycles. The number of aliphatic carboxylic acids is 1. The zero-order chi connectivity index (χ0) is 10.0. The Labute approximate surface area is 76.2 Å². The van der Waals surface area contributed by atoms with E-state index in [0.29, 0.717) is 11.3 Å². The summed E-state index contributed by atoms with van der Waals surface area (Å²) in [6.07, 6.45) is 0. The predicted molar refractivity (Wildman–Crippen MR) is 50.2 cm³/mol. The number of nitrogens with two attached hydrogens (primary N) is 2. The first-order valence-corrected chi connectivity index (χ1v) is 3.87. The second-order valence-electron chi connectivity index (χ2n) is 2.88. The molecular formula is C9H12N2O2. The van der Waals surface area contributed by atoms with Crippen molar-refractivity contribution in [3.05, 3.63) is 29.3 Å². The van der Waals surface area contributed by atoms with Gasteiger partial charge in [-0.2, -0.15) is 0 Å². The summed E-state index contributed by atoms with van der Waals surface area (Å²) in [4.78, 5) is 10.6. The van der Waals surface area contributed by atoms with Gasteiger partial charge in [0.1, 0.15) is 6.04 Å². The van der Waals surface area contributed by atoms with E-state index < -0.39 is 12.0 Å². The van der Waals surface area contributed by atoms with Gasteiger partial charge >= 0.3 is 5.97 Å². The van der Waals surface area contributed by atoms with Crippen molar-refractivity contribution in [1.29, 1.82) is 0 Å². The minimum absolute atomic E-state index is 0.563. The number of carboxylic acid groups (broad SMARTS) is 1. The first-order chi connectivity index (χ1) is 6.04. The Bertz CT molecular complexity index is 336. The van der Waals surface area contributed by atoms with Gasteiger partial charge in [0, 0.05) is 5.69 Å². The number of carboxylic acids is 1. The van der Waals surface area contributed by atoms with Gasteiger partial charge in [-0.1, -0.05) is 12.1 Å². The molecule has 1 aromatic carbocycles. The molecule has 0 amide bonds. The average molecular weight is 180 g/mol. The molecule has 0 aromatic heterocycles. The molecule has 5 N–H and O–H groups in total. The predicted octanol–water partition coefficient (Wildman–Crippen LogP) is 0.662. The highest BCUT2D eigenvalue weighted by Crippen LogP contribution is 2.20. The van der Waals surface area contributed by atoms with Crippen LogP contribution in [0.25, 0.3) is 0 Å². The molecule has 1 aromatic rings. The van der Waals surface area contributed by atoms with E-state index in [0.717, 1.165) is 5.56 Å². The zero-order valence-electron chi connectivity index (χ0n) is 7.32. The minimum atomic E-state index is -1.05. The van der Waals surface area contributed by atoms with Gasteiger partial charge in [0.2, 0.25) is 0 Å². The van der Waals surface area contributed by atoms with Crippen molar-refractivity contribution in [2.24, 2.45) is 5.73 Å². The molecule has 1 atom stereocenters. The summed E-state index contributed by atoms with van der Waals surface area (Å²) in [5, 5.41) is 8.68. The smallest absolute Gasteiger partial charge is 0.325 e. The molecule has 4 nitrogen and oxygen atoms in total. The molecule has 0 heterocycles. The standard InChI is InChI=1S/C9H12N2O2/c1-5-6(8(11)9(12)13)3-2-4-7(5)10/h2-4,8H,10-11H2,1H3,(H,12,13). The van der Waals surface area contributed by atoms with E-state index >= 15 is 0 Å². The largest absolute Gasteiger partial charge is 0.480 e. The molecule has 0 aliphatic rings. The van der Waals surface area contributed by atoms with E-state index in [1.165, 1.54) is 0 Å². The van der Waals surface area contributed by atoms with Crippen molar-refractivity contribution in [1.82, 2.24) is 0 Å². The maximum Gasteiger partial charge on any atom is 0.325 e. The zero-order valence-corrected chi connectivity index (χ0v) is 7.32. The highest BCUT2D eigenvalue weighted by atomic mass is 16.4. The summed E-state index contributed by atoms with van der Waals surface area (Å²) in [6.45, 7) is 1.76. The minimum Gasteiger partial charge on any atom is -0.480 e. The highest BCUT2D eigenvalue weighted by molar-refractivity contribution is 5.76. The fourth-order valence-electron chi connectivity index (χ4n) is 1.14. The first-order valence-electron chi connectivity index (χ1n) is 3.87. The SMILES string of the molecule is Cc1c(N)cccc1C(N)C(=O)O. The van der Waals surface area contributed by atoms with Crippen LogP contribution >= 0.6 is 0 Å². The Balaban J connectivity index is 3.15. The number of anilines is 1. The van der Waals surface area contributed by atoms with Crippen LogP contribution in [0.4, 0.5) is 5.69 Å². The van der Waals surface area contributed by atoms with E-state index in [9.17, 15) is 4.79 Å². The highest BCUT2D eigenvalue weighted by Gasteiger charge is 2.16. The fourth-order valence-corrected chi connectivity index (χ4v) is 1.14. The number of benzene rings is 1. The lowest BCUT2D eigenvalue weighted by Crippen LogP contribution is -2.21. The molecule has 1 unspecified atom stereocenters. The molecular weight excluding hydrogens is 168 g/mol. The van der Waals surface area contributed by atoms with Gasteiger partial charge in [0.05, 0.1) is 0 Å². The van der Waals surface area contributed by atoms with Gasteiger partial charge in [-0.3, -0.25) is 4.79 Å². The first kappa shape index (κ1) is 9.54. The average Bonchev–Trinajstić information content (AvgIpc) is 2.08. The molecule has 1 rings (SSSR count). The Hall–Kier alpha value is -1.55. The molecule has 0 bridgehead atoms. The van der Waals surface area contributed by atoms with Crippen molar-refractivity contribution in [3.8, 4) is 0 Å². The van der Waals surface area contributed by atoms with E-state index in [1.54, 1.807) is 25.1 Å². The number of rotatable bonds is 2. The monoisotopic (exact) mass is 180 g/mol. The molecule has 4 heteroatoms. The van der Waals surface area contributed by atoms with Crippen LogP contribution in [0.5, 0.6) is 0 Å². The Morgan fingerprint density at radius 3 is 2.69 bits per heavy atom. The second-order valence-corrected chi connectivity index (χ2v) is 2.88. The van der Waals surface area contributed by atoms with Crippen LogP contribution in [0, 0.1) is 6.92 Å². The number of hydrogen-bond acceptors (Lipinski definition) is 3. The van der Waals surface area contributed by atoms with Crippen molar-refractivity contribution < 1.29 is 9.90 Å². The van der Waals surface area contributed by atoms with Crippen LogP contribution in [0.15, 0.2) is 18.2 Å². The second kappa shape index (κ2) is 3.45. The van der Waals surface area contributed by atoms with E-state index in [2.05, 4.69) is 0 Å². The molecule has 0 aliphatic heterocycles. The van der Waals surface area contributed by atoms with Crippen LogP contribution in [0.1, 0.15) is 17.2 Å². The number of hydrogen-bond donors (Lipinski definition) is 3. The third kappa shape index (κ3) is 1.78. The number of nitrogen functional groups attached to an aromatic ring is 1. The third-order valence-corrected chi connectivity index (χ3v) is 2.02. The van der Waals surface area contributed by atoms with Crippen LogP contribution in [-0.2, 0) is 4.79 Å². The molecule has 0 spiro atoms. The van der Waals surface area contributed by atoms with Gasteiger partial charge in [-0.15, -0.1) is 0 Å². The summed E-state index contributed by atoms with van der Waals surface area (Å²) in [5.41, 5.74) is 12.9. The van der Waals surface area contributed by atoms with Crippen LogP contribution < -0.4 is 11.5 Å². The molecule has 0 saturated carbocycles. The lowest BCUT2D eigenvalue weighted by molar-refractivity contribution is -0.138. The van der Waals surface area contributed by atoms with Crippen LogP contribution in [0.3, 0.4) is 0 Å². The van der Waals surface area contributed by atoms with Crippen molar-refractivity contribution >= 4 is 11.7 Å². The summed E-state index contributed by atoms with van der Waals surface area (Å²) >= 11 is 0. The lowest BCUT2D eigenvalue weighted by atomic mass is 10.0.